The smallest absolute Gasteiger partial charge is 0.354 e. The lowest BCUT2D eigenvalue weighted by atomic mass is 10.2. The molecule has 2 aromatic rings. The average Bonchev–Trinajstić information content (AvgIpc) is 3.21. The third-order valence-electron chi connectivity index (χ3n) is 4.12. The fourth-order valence-electron chi connectivity index (χ4n) is 2.70. The minimum atomic E-state index is -1.21. The lowest BCUT2D eigenvalue weighted by molar-refractivity contribution is 0.0690. The summed E-state index contributed by atoms with van der Waals surface area (Å²) in [6, 6.07) is 10.4. The van der Waals surface area contributed by atoms with E-state index >= 15 is 0 Å². The lowest BCUT2D eigenvalue weighted by Crippen LogP contribution is -2.35. The monoisotopic (exact) mass is 384 g/mol. The first-order valence-corrected chi connectivity index (χ1v) is 8.79. The van der Waals surface area contributed by atoms with Gasteiger partial charge >= 0.3 is 12.0 Å². The van der Waals surface area contributed by atoms with Crippen molar-refractivity contribution in [2.24, 2.45) is 0 Å². The number of carboxylic acids is 1. The molecule has 1 aliphatic heterocycles. The molecule has 9 nitrogen and oxygen atoms in total. The molecule has 1 fully saturated rings. The molecule has 2 heterocycles. The predicted molar refractivity (Wildman–Crippen MR) is 102 cm³/mol. The Morgan fingerprint density at radius 1 is 1.04 bits per heavy atom. The zero-order chi connectivity index (χ0) is 19.9. The summed E-state index contributed by atoms with van der Waals surface area (Å²) in [6.07, 6.45) is 2.02. The predicted octanol–water partition coefficient (Wildman–Crippen LogP) is 2.33. The van der Waals surface area contributed by atoms with Gasteiger partial charge in [0.25, 0.3) is 5.91 Å². The highest BCUT2D eigenvalue weighted by molar-refractivity contribution is 6.03. The third kappa shape index (κ3) is 5.27. The highest BCUT2D eigenvalue weighted by Gasteiger charge is 2.16. The van der Waals surface area contributed by atoms with Gasteiger partial charge in [-0.1, -0.05) is 6.07 Å². The lowest BCUT2D eigenvalue weighted by Gasteiger charge is -2.12. The van der Waals surface area contributed by atoms with Crippen LogP contribution < -0.4 is 16.0 Å². The van der Waals surface area contributed by atoms with Gasteiger partial charge in [0.2, 0.25) is 0 Å². The van der Waals surface area contributed by atoms with Gasteiger partial charge in [-0.2, -0.15) is 0 Å². The van der Waals surface area contributed by atoms with Gasteiger partial charge < -0.3 is 25.8 Å². The normalized spacial score (nSPS) is 15.6. The van der Waals surface area contributed by atoms with Crippen LogP contribution in [-0.4, -0.2) is 47.3 Å². The Labute approximate surface area is 161 Å². The Hall–Kier alpha value is -3.46. The quantitative estimate of drug-likeness (QED) is 0.605. The number of nitrogens with one attached hydrogen (secondary N) is 3. The summed E-state index contributed by atoms with van der Waals surface area (Å²) in [6.45, 7) is 1.19. The van der Waals surface area contributed by atoms with E-state index in [0.29, 0.717) is 17.9 Å². The number of hydrogen-bond acceptors (Lipinski definition) is 5. The molecule has 1 aromatic carbocycles. The molecule has 0 saturated carbocycles. The molecule has 3 rings (SSSR count). The molecule has 1 saturated heterocycles. The van der Waals surface area contributed by atoms with Gasteiger partial charge in [-0.05, 0) is 49.2 Å². The Balaban J connectivity index is 1.52. The van der Waals surface area contributed by atoms with E-state index in [-0.39, 0.29) is 23.5 Å². The van der Waals surface area contributed by atoms with E-state index in [1.54, 1.807) is 24.3 Å². The molecule has 1 aliphatic rings. The molecule has 4 N–H and O–H groups in total. The number of benzene rings is 1. The number of aromatic nitrogens is 1. The number of pyridine rings is 1. The number of hydrogen-bond donors (Lipinski definition) is 4. The number of nitrogens with zero attached hydrogens (tertiary/aromatic N) is 1. The first-order chi connectivity index (χ1) is 13.5. The first-order valence-electron chi connectivity index (χ1n) is 8.79. The molecular formula is C19H20N4O5. The molecule has 0 bridgehead atoms. The number of anilines is 2. The van der Waals surface area contributed by atoms with Crippen LogP contribution in [0.15, 0.2) is 42.5 Å². The van der Waals surface area contributed by atoms with E-state index in [1.807, 2.05) is 0 Å². The van der Waals surface area contributed by atoms with Crippen molar-refractivity contribution in [1.29, 1.82) is 0 Å². The largest absolute Gasteiger partial charge is 0.477 e. The number of aromatic carboxylic acids is 1. The number of ether oxygens (including phenoxy) is 1. The number of rotatable bonds is 6. The topological polar surface area (TPSA) is 130 Å². The van der Waals surface area contributed by atoms with Gasteiger partial charge in [0.15, 0.2) is 0 Å². The molecule has 28 heavy (non-hydrogen) atoms. The van der Waals surface area contributed by atoms with Crippen molar-refractivity contribution in [3.63, 3.8) is 0 Å². The molecule has 3 amide bonds. The van der Waals surface area contributed by atoms with Crippen molar-refractivity contribution in [3.8, 4) is 0 Å². The summed E-state index contributed by atoms with van der Waals surface area (Å²) in [4.78, 5) is 38.8. The van der Waals surface area contributed by atoms with E-state index in [0.717, 1.165) is 19.4 Å². The number of amides is 3. The van der Waals surface area contributed by atoms with Gasteiger partial charge in [0, 0.05) is 24.5 Å². The summed E-state index contributed by atoms with van der Waals surface area (Å²) in [5.74, 6) is -1.74. The van der Waals surface area contributed by atoms with E-state index < -0.39 is 11.9 Å². The maximum atomic E-state index is 12.2. The Bertz CT molecular complexity index is 863. The van der Waals surface area contributed by atoms with Crippen molar-refractivity contribution in [3.05, 3.63) is 53.9 Å². The van der Waals surface area contributed by atoms with Crippen LogP contribution in [0.3, 0.4) is 0 Å². The molecule has 0 spiro atoms. The van der Waals surface area contributed by atoms with Gasteiger partial charge in [0.1, 0.15) is 11.4 Å². The van der Waals surface area contributed by atoms with Gasteiger partial charge in [-0.15, -0.1) is 0 Å². The summed E-state index contributed by atoms with van der Waals surface area (Å²) in [5, 5.41) is 17.0. The van der Waals surface area contributed by atoms with E-state index in [1.165, 1.54) is 18.2 Å². The van der Waals surface area contributed by atoms with Crippen LogP contribution in [0.25, 0.3) is 0 Å². The zero-order valence-corrected chi connectivity index (χ0v) is 15.0. The number of carboxylic acid groups (broad SMARTS) is 1. The van der Waals surface area contributed by atoms with Crippen molar-refractivity contribution in [1.82, 2.24) is 10.3 Å². The summed E-state index contributed by atoms with van der Waals surface area (Å²) in [5.41, 5.74) is 0.837. The Morgan fingerprint density at radius 3 is 2.36 bits per heavy atom. The fraction of sp³-hybridized carbons (Fsp3) is 0.263. The standard InChI is InChI=1S/C19H20N4O5/c24-17(15-4-1-5-16(23-15)18(25)26)21-12-6-8-13(9-7-12)22-19(27)20-11-14-3-2-10-28-14/h1,4-9,14H,2-3,10-11H2,(H,21,24)(H,25,26)(H2,20,22,27). The molecule has 9 heteroatoms. The van der Waals surface area contributed by atoms with Crippen LogP contribution in [-0.2, 0) is 4.74 Å². The van der Waals surface area contributed by atoms with Crippen LogP contribution in [0.5, 0.6) is 0 Å². The van der Waals surface area contributed by atoms with Crippen molar-refractivity contribution in [2.75, 3.05) is 23.8 Å². The molecule has 0 radical (unpaired) electrons. The second-order valence-corrected chi connectivity index (χ2v) is 6.21. The zero-order valence-electron chi connectivity index (χ0n) is 15.0. The molecule has 1 atom stereocenters. The van der Waals surface area contributed by atoms with E-state index in [4.69, 9.17) is 9.84 Å². The van der Waals surface area contributed by atoms with Crippen molar-refractivity contribution < 1.29 is 24.2 Å². The van der Waals surface area contributed by atoms with Gasteiger partial charge in [0.05, 0.1) is 6.10 Å². The number of urea groups is 1. The van der Waals surface area contributed by atoms with Crippen molar-refractivity contribution >= 4 is 29.3 Å². The summed E-state index contributed by atoms with van der Waals surface area (Å²) >= 11 is 0. The van der Waals surface area contributed by atoms with Crippen LogP contribution >= 0.6 is 0 Å². The van der Waals surface area contributed by atoms with E-state index in [9.17, 15) is 14.4 Å². The van der Waals surface area contributed by atoms with Gasteiger partial charge in [-0.3, -0.25) is 4.79 Å². The minimum Gasteiger partial charge on any atom is -0.477 e. The summed E-state index contributed by atoms with van der Waals surface area (Å²) in [7, 11) is 0. The number of carbonyl (C=O) groups excluding carboxylic acids is 2. The van der Waals surface area contributed by atoms with E-state index in [2.05, 4.69) is 20.9 Å². The second-order valence-electron chi connectivity index (χ2n) is 6.21. The van der Waals surface area contributed by atoms with Crippen LogP contribution in [0.2, 0.25) is 0 Å². The van der Waals surface area contributed by atoms with Crippen LogP contribution in [0.4, 0.5) is 16.2 Å². The maximum Gasteiger partial charge on any atom is 0.354 e. The van der Waals surface area contributed by atoms with Crippen LogP contribution in [0.1, 0.15) is 33.8 Å². The molecule has 1 aromatic heterocycles. The first kappa shape index (κ1) is 19.3. The van der Waals surface area contributed by atoms with Crippen LogP contribution in [0, 0.1) is 0 Å². The Kier molecular flexibility index (Phi) is 6.18. The fourth-order valence-corrected chi connectivity index (χ4v) is 2.70. The molecule has 1 unspecified atom stereocenters. The maximum absolute atomic E-state index is 12.2. The molecule has 0 aliphatic carbocycles. The number of carbonyl (C=O) groups is 3. The van der Waals surface area contributed by atoms with Crippen molar-refractivity contribution in [2.45, 2.75) is 18.9 Å². The molecular weight excluding hydrogens is 364 g/mol. The van der Waals surface area contributed by atoms with Gasteiger partial charge in [-0.25, -0.2) is 14.6 Å². The second kappa shape index (κ2) is 8.96. The minimum absolute atomic E-state index is 0.00406. The molecule has 146 valence electrons. The Morgan fingerprint density at radius 2 is 1.71 bits per heavy atom. The SMILES string of the molecule is O=C(NCC1CCCO1)Nc1ccc(NC(=O)c2cccc(C(=O)O)n2)cc1. The highest BCUT2D eigenvalue weighted by Crippen LogP contribution is 2.15. The average molecular weight is 384 g/mol. The third-order valence-corrected chi connectivity index (χ3v) is 4.12. The highest BCUT2D eigenvalue weighted by atomic mass is 16.5. The summed E-state index contributed by atoms with van der Waals surface area (Å²) < 4.78 is 5.44.